The SMILES string of the molecule is COc1c(C)cnc(CC(O)c2cncnc2)c1C. The molecule has 2 aromatic heterocycles. The summed E-state index contributed by atoms with van der Waals surface area (Å²) >= 11 is 0. The van der Waals surface area contributed by atoms with Gasteiger partial charge in [0, 0.05) is 47.4 Å². The lowest BCUT2D eigenvalue weighted by molar-refractivity contribution is 0.176. The van der Waals surface area contributed by atoms with E-state index >= 15 is 0 Å². The number of hydrogen-bond acceptors (Lipinski definition) is 5. The summed E-state index contributed by atoms with van der Waals surface area (Å²) in [6.07, 6.45) is 6.16. The standard InChI is InChI=1S/C14H17N3O2/c1-9-5-17-12(10(2)14(9)19-3)4-13(18)11-6-15-8-16-7-11/h5-8,13,18H,4H2,1-3H3. The summed E-state index contributed by atoms with van der Waals surface area (Å²) in [5.74, 6) is 0.821. The van der Waals surface area contributed by atoms with E-state index in [2.05, 4.69) is 15.0 Å². The van der Waals surface area contributed by atoms with Crippen molar-refractivity contribution >= 4 is 0 Å². The van der Waals surface area contributed by atoms with Crippen LogP contribution < -0.4 is 4.74 Å². The summed E-state index contributed by atoms with van der Waals surface area (Å²) in [6.45, 7) is 3.90. The zero-order valence-corrected chi connectivity index (χ0v) is 11.3. The molecule has 0 amide bonds. The van der Waals surface area contributed by atoms with E-state index in [4.69, 9.17) is 4.74 Å². The minimum absolute atomic E-state index is 0.413. The van der Waals surface area contributed by atoms with E-state index < -0.39 is 6.10 Å². The van der Waals surface area contributed by atoms with Crippen molar-refractivity contribution in [2.75, 3.05) is 7.11 Å². The summed E-state index contributed by atoms with van der Waals surface area (Å²) < 4.78 is 5.36. The molecule has 0 aliphatic heterocycles. The highest BCUT2D eigenvalue weighted by Gasteiger charge is 2.15. The van der Waals surface area contributed by atoms with Crippen LogP contribution in [0.3, 0.4) is 0 Å². The van der Waals surface area contributed by atoms with Gasteiger partial charge in [-0.2, -0.15) is 0 Å². The minimum Gasteiger partial charge on any atom is -0.496 e. The predicted octanol–water partition coefficient (Wildman–Crippen LogP) is 1.77. The van der Waals surface area contributed by atoms with Gasteiger partial charge in [-0.1, -0.05) is 0 Å². The van der Waals surface area contributed by atoms with Crippen LogP contribution in [0.1, 0.15) is 28.5 Å². The van der Waals surface area contributed by atoms with Crippen LogP contribution in [0.2, 0.25) is 0 Å². The van der Waals surface area contributed by atoms with Crippen molar-refractivity contribution in [1.82, 2.24) is 15.0 Å². The molecule has 19 heavy (non-hydrogen) atoms. The Kier molecular flexibility index (Phi) is 4.06. The van der Waals surface area contributed by atoms with Crippen molar-refractivity contribution in [2.45, 2.75) is 26.4 Å². The number of pyridine rings is 1. The number of aliphatic hydroxyl groups is 1. The van der Waals surface area contributed by atoms with Crippen LogP contribution in [0, 0.1) is 13.8 Å². The molecule has 0 aliphatic rings. The van der Waals surface area contributed by atoms with E-state index in [-0.39, 0.29) is 0 Å². The molecule has 1 N–H and O–H groups in total. The highest BCUT2D eigenvalue weighted by atomic mass is 16.5. The van der Waals surface area contributed by atoms with Gasteiger partial charge in [0.25, 0.3) is 0 Å². The molecule has 0 aliphatic carbocycles. The van der Waals surface area contributed by atoms with Crippen LogP contribution in [-0.2, 0) is 6.42 Å². The van der Waals surface area contributed by atoms with Crippen LogP contribution >= 0.6 is 0 Å². The number of aryl methyl sites for hydroxylation is 1. The molecule has 1 unspecified atom stereocenters. The molecule has 5 heteroatoms. The van der Waals surface area contributed by atoms with E-state index in [0.717, 1.165) is 22.6 Å². The lowest BCUT2D eigenvalue weighted by Crippen LogP contribution is -2.07. The summed E-state index contributed by atoms with van der Waals surface area (Å²) in [7, 11) is 1.64. The van der Waals surface area contributed by atoms with Crippen LogP contribution in [0.25, 0.3) is 0 Å². The van der Waals surface area contributed by atoms with E-state index in [0.29, 0.717) is 12.0 Å². The third kappa shape index (κ3) is 2.88. The number of aromatic nitrogens is 3. The average molecular weight is 259 g/mol. The van der Waals surface area contributed by atoms with Gasteiger partial charge in [-0.05, 0) is 13.8 Å². The number of hydrogen-bond donors (Lipinski definition) is 1. The molecule has 0 aromatic carbocycles. The Morgan fingerprint density at radius 3 is 2.53 bits per heavy atom. The maximum Gasteiger partial charge on any atom is 0.128 e. The Bertz CT molecular complexity index is 558. The fourth-order valence-electron chi connectivity index (χ4n) is 2.06. The molecular formula is C14H17N3O2. The van der Waals surface area contributed by atoms with Gasteiger partial charge < -0.3 is 9.84 Å². The quantitative estimate of drug-likeness (QED) is 0.906. The van der Waals surface area contributed by atoms with Crippen molar-refractivity contribution in [1.29, 1.82) is 0 Å². The third-order valence-corrected chi connectivity index (χ3v) is 3.10. The van der Waals surface area contributed by atoms with Gasteiger partial charge in [0.05, 0.1) is 13.2 Å². The lowest BCUT2D eigenvalue weighted by Gasteiger charge is -2.15. The van der Waals surface area contributed by atoms with Gasteiger partial charge in [-0.25, -0.2) is 9.97 Å². The summed E-state index contributed by atoms with van der Waals surface area (Å²) in [5.41, 5.74) is 3.45. The Morgan fingerprint density at radius 1 is 1.21 bits per heavy atom. The zero-order chi connectivity index (χ0) is 13.8. The summed E-state index contributed by atoms with van der Waals surface area (Å²) in [5, 5.41) is 10.2. The second kappa shape index (κ2) is 5.75. The molecular weight excluding hydrogens is 242 g/mol. The number of aliphatic hydroxyl groups excluding tert-OH is 1. The summed E-state index contributed by atoms with van der Waals surface area (Å²) in [6, 6.07) is 0. The Hall–Kier alpha value is -2.01. The molecule has 100 valence electrons. The first kappa shape index (κ1) is 13.4. The fraction of sp³-hybridized carbons (Fsp3) is 0.357. The Balaban J connectivity index is 2.25. The predicted molar refractivity (Wildman–Crippen MR) is 71.0 cm³/mol. The largest absolute Gasteiger partial charge is 0.496 e. The van der Waals surface area contributed by atoms with Gasteiger partial charge in [0.2, 0.25) is 0 Å². The van der Waals surface area contributed by atoms with Crippen LogP contribution in [-0.4, -0.2) is 27.2 Å². The van der Waals surface area contributed by atoms with Crippen molar-refractivity contribution in [2.24, 2.45) is 0 Å². The van der Waals surface area contributed by atoms with Crippen molar-refractivity contribution in [3.05, 3.63) is 47.3 Å². The number of rotatable bonds is 4. The molecule has 2 aromatic rings. The highest BCUT2D eigenvalue weighted by Crippen LogP contribution is 2.26. The Morgan fingerprint density at radius 2 is 1.89 bits per heavy atom. The molecule has 5 nitrogen and oxygen atoms in total. The topological polar surface area (TPSA) is 68.1 Å². The number of nitrogens with zero attached hydrogens (tertiary/aromatic N) is 3. The molecule has 2 rings (SSSR count). The van der Waals surface area contributed by atoms with Gasteiger partial charge in [0.15, 0.2) is 0 Å². The second-order valence-electron chi connectivity index (χ2n) is 4.44. The van der Waals surface area contributed by atoms with Gasteiger partial charge in [-0.15, -0.1) is 0 Å². The second-order valence-corrected chi connectivity index (χ2v) is 4.44. The average Bonchev–Trinajstić information content (AvgIpc) is 2.43. The third-order valence-electron chi connectivity index (χ3n) is 3.10. The van der Waals surface area contributed by atoms with E-state index in [1.165, 1.54) is 6.33 Å². The molecule has 0 saturated heterocycles. The van der Waals surface area contributed by atoms with Crippen molar-refractivity contribution < 1.29 is 9.84 Å². The molecule has 0 saturated carbocycles. The Labute approximate surface area is 112 Å². The number of ether oxygens (including phenoxy) is 1. The monoisotopic (exact) mass is 259 g/mol. The zero-order valence-electron chi connectivity index (χ0n) is 11.3. The van der Waals surface area contributed by atoms with Crippen molar-refractivity contribution in [3.63, 3.8) is 0 Å². The summed E-state index contributed by atoms with van der Waals surface area (Å²) in [4.78, 5) is 12.2. The minimum atomic E-state index is -0.667. The molecule has 1 atom stereocenters. The van der Waals surface area contributed by atoms with Gasteiger partial charge >= 0.3 is 0 Å². The highest BCUT2D eigenvalue weighted by molar-refractivity contribution is 5.41. The normalized spacial score (nSPS) is 12.2. The first-order chi connectivity index (χ1) is 9.13. The van der Waals surface area contributed by atoms with Gasteiger partial charge in [0.1, 0.15) is 12.1 Å². The van der Waals surface area contributed by atoms with E-state index in [9.17, 15) is 5.11 Å². The smallest absolute Gasteiger partial charge is 0.128 e. The van der Waals surface area contributed by atoms with Crippen molar-refractivity contribution in [3.8, 4) is 5.75 Å². The molecule has 0 bridgehead atoms. The maximum absolute atomic E-state index is 10.2. The molecule has 0 spiro atoms. The molecule has 0 radical (unpaired) electrons. The number of methoxy groups -OCH3 is 1. The van der Waals surface area contributed by atoms with Gasteiger partial charge in [-0.3, -0.25) is 4.98 Å². The molecule has 2 heterocycles. The van der Waals surface area contributed by atoms with E-state index in [1.807, 2.05) is 13.8 Å². The van der Waals surface area contributed by atoms with Crippen LogP contribution in [0.15, 0.2) is 24.9 Å². The fourth-order valence-corrected chi connectivity index (χ4v) is 2.06. The van der Waals surface area contributed by atoms with Crippen LogP contribution in [0.5, 0.6) is 5.75 Å². The first-order valence-electron chi connectivity index (χ1n) is 6.05. The first-order valence-corrected chi connectivity index (χ1v) is 6.05. The van der Waals surface area contributed by atoms with E-state index in [1.54, 1.807) is 25.7 Å². The van der Waals surface area contributed by atoms with Crippen LogP contribution in [0.4, 0.5) is 0 Å². The molecule has 0 fully saturated rings. The lowest BCUT2D eigenvalue weighted by atomic mass is 10.0. The maximum atomic E-state index is 10.2.